The fourth-order valence-electron chi connectivity index (χ4n) is 4.06. The molecular formula is C16H21NO. The van der Waals surface area contributed by atoms with Crippen molar-refractivity contribution in [3.63, 3.8) is 0 Å². The highest BCUT2D eigenvalue weighted by Crippen LogP contribution is 2.46. The van der Waals surface area contributed by atoms with Gasteiger partial charge in [-0.2, -0.15) is 0 Å². The molecule has 2 aliphatic rings. The Morgan fingerprint density at radius 3 is 2.61 bits per heavy atom. The van der Waals surface area contributed by atoms with Gasteiger partial charge in [0.15, 0.2) is 0 Å². The van der Waals surface area contributed by atoms with Crippen molar-refractivity contribution in [2.75, 3.05) is 7.05 Å². The van der Waals surface area contributed by atoms with Crippen molar-refractivity contribution in [1.29, 1.82) is 0 Å². The Labute approximate surface area is 109 Å². The first kappa shape index (κ1) is 11.9. The topological polar surface area (TPSA) is 20.3 Å². The highest BCUT2D eigenvalue weighted by Gasteiger charge is 2.47. The van der Waals surface area contributed by atoms with Crippen LogP contribution in [0.3, 0.4) is 0 Å². The third kappa shape index (κ3) is 1.79. The molecule has 2 fully saturated rings. The van der Waals surface area contributed by atoms with E-state index in [-0.39, 0.29) is 5.92 Å². The zero-order valence-electron chi connectivity index (χ0n) is 11.2. The predicted molar refractivity (Wildman–Crippen MR) is 72.5 cm³/mol. The van der Waals surface area contributed by atoms with Gasteiger partial charge in [0.1, 0.15) is 5.78 Å². The molecule has 18 heavy (non-hydrogen) atoms. The van der Waals surface area contributed by atoms with E-state index >= 15 is 0 Å². The molecule has 0 amide bonds. The molecule has 4 unspecified atom stereocenters. The smallest absolute Gasteiger partial charge is 0.135 e. The van der Waals surface area contributed by atoms with Crippen molar-refractivity contribution < 1.29 is 4.79 Å². The lowest BCUT2D eigenvalue weighted by Crippen LogP contribution is -2.48. The van der Waals surface area contributed by atoms with Gasteiger partial charge < -0.3 is 0 Å². The minimum atomic E-state index is 0.191. The molecule has 0 N–H and O–H groups in total. The van der Waals surface area contributed by atoms with Crippen LogP contribution in [0, 0.1) is 5.92 Å². The van der Waals surface area contributed by atoms with Gasteiger partial charge in [0, 0.05) is 18.0 Å². The number of nitrogens with zero attached hydrogens (tertiary/aromatic N) is 1. The standard InChI is InChI=1S/C16H21NO/c1-11(18)16-14(12-6-4-3-5-7-12)10-13-8-9-15(16)17(13)2/h3-7,13-16H,8-10H2,1-2H3. The van der Waals surface area contributed by atoms with Crippen LogP contribution in [0.1, 0.15) is 37.7 Å². The van der Waals surface area contributed by atoms with Crippen LogP contribution < -0.4 is 0 Å². The quantitative estimate of drug-likeness (QED) is 0.796. The summed E-state index contributed by atoms with van der Waals surface area (Å²) in [5, 5.41) is 0. The number of benzene rings is 1. The van der Waals surface area contributed by atoms with Crippen LogP contribution in [0.5, 0.6) is 0 Å². The van der Waals surface area contributed by atoms with Crippen molar-refractivity contribution in [1.82, 2.24) is 4.90 Å². The summed E-state index contributed by atoms with van der Waals surface area (Å²) in [6.07, 6.45) is 3.59. The molecule has 2 bridgehead atoms. The van der Waals surface area contributed by atoms with Gasteiger partial charge in [0.05, 0.1) is 0 Å². The second kappa shape index (κ2) is 4.51. The lowest BCUT2D eigenvalue weighted by molar-refractivity contribution is -0.124. The number of rotatable bonds is 2. The summed E-state index contributed by atoms with van der Waals surface area (Å²) < 4.78 is 0. The molecule has 2 saturated heterocycles. The Hall–Kier alpha value is -1.15. The largest absolute Gasteiger partial charge is 0.300 e. The molecule has 2 heteroatoms. The fourth-order valence-corrected chi connectivity index (χ4v) is 4.06. The van der Waals surface area contributed by atoms with E-state index in [4.69, 9.17) is 0 Å². The van der Waals surface area contributed by atoms with Crippen LogP contribution in [0.4, 0.5) is 0 Å². The van der Waals surface area contributed by atoms with E-state index in [9.17, 15) is 4.79 Å². The van der Waals surface area contributed by atoms with Gasteiger partial charge >= 0.3 is 0 Å². The molecule has 0 spiro atoms. The van der Waals surface area contributed by atoms with Crippen LogP contribution in [-0.4, -0.2) is 29.8 Å². The van der Waals surface area contributed by atoms with Crippen molar-refractivity contribution >= 4 is 5.78 Å². The van der Waals surface area contributed by atoms with E-state index in [2.05, 4.69) is 42.3 Å². The van der Waals surface area contributed by atoms with Gasteiger partial charge in [-0.15, -0.1) is 0 Å². The van der Waals surface area contributed by atoms with Crippen LogP contribution in [-0.2, 0) is 4.79 Å². The summed E-state index contributed by atoms with van der Waals surface area (Å²) in [5.74, 6) is 0.981. The molecule has 2 heterocycles. The number of carbonyl (C=O) groups excluding carboxylic acids is 1. The van der Waals surface area contributed by atoms with E-state index in [1.807, 2.05) is 0 Å². The maximum Gasteiger partial charge on any atom is 0.135 e. The van der Waals surface area contributed by atoms with Gasteiger partial charge in [-0.05, 0) is 44.7 Å². The van der Waals surface area contributed by atoms with E-state index < -0.39 is 0 Å². The SMILES string of the molecule is CC(=O)C1C(c2ccccc2)CC2CCC1N2C. The Morgan fingerprint density at radius 2 is 1.94 bits per heavy atom. The van der Waals surface area contributed by atoms with E-state index in [1.54, 1.807) is 6.92 Å². The van der Waals surface area contributed by atoms with Crippen molar-refractivity contribution in [2.45, 2.75) is 44.2 Å². The van der Waals surface area contributed by atoms with E-state index in [0.717, 1.165) is 6.42 Å². The third-order valence-corrected chi connectivity index (χ3v) is 4.97. The summed E-state index contributed by atoms with van der Waals surface area (Å²) in [4.78, 5) is 14.5. The first-order chi connectivity index (χ1) is 8.68. The van der Waals surface area contributed by atoms with Crippen LogP contribution in [0.2, 0.25) is 0 Å². The monoisotopic (exact) mass is 243 g/mol. The molecule has 2 nitrogen and oxygen atoms in total. The molecule has 4 atom stereocenters. The van der Waals surface area contributed by atoms with Gasteiger partial charge in [0.25, 0.3) is 0 Å². The molecule has 0 aliphatic carbocycles. The number of Topliss-reactive ketones (excluding diaryl/α,β-unsaturated/α-hetero) is 1. The van der Waals surface area contributed by atoms with Crippen LogP contribution >= 0.6 is 0 Å². The number of carbonyl (C=O) groups is 1. The molecule has 1 aromatic rings. The van der Waals surface area contributed by atoms with Crippen LogP contribution in [0.15, 0.2) is 30.3 Å². The van der Waals surface area contributed by atoms with Crippen LogP contribution in [0.25, 0.3) is 0 Å². The Morgan fingerprint density at radius 1 is 1.22 bits per heavy atom. The van der Waals surface area contributed by atoms with E-state index in [1.165, 1.54) is 18.4 Å². The number of fused-ring (bicyclic) bond motifs is 2. The highest BCUT2D eigenvalue weighted by atomic mass is 16.1. The fraction of sp³-hybridized carbons (Fsp3) is 0.562. The molecule has 3 rings (SSSR count). The molecular weight excluding hydrogens is 222 g/mol. The molecule has 0 radical (unpaired) electrons. The van der Waals surface area contributed by atoms with Gasteiger partial charge in [0.2, 0.25) is 0 Å². The molecule has 0 saturated carbocycles. The first-order valence-corrected chi connectivity index (χ1v) is 6.96. The number of ketones is 1. The summed E-state index contributed by atoms with van der Waals surface area (Å²) in [6.45, 7) is 1.77. The summed E-state index contributed by atoms with van der Waals surface area (Å²) in [5.41, 5.74) is 1.35. The average molecular weight is 243 g/mol. The highest BCUT2D eigenvalue weighted by molar-refractivity contribution is 5.80. The molecule has 2 aliphatic heterocycles. The minimum Gasteiger partial charge on any atom is -0.300 e. The third-order valence-electron chi connectivity index (χ3n) is 4.97. The van der Waals surface area contributed by atoms with Gasteiger partial charge in [-0.1, -0.05) is 30.3 Å². The Balaban J connectivity index is 1.96. The normalized spacial score (nSPS) is 35.7. The average Bonchev–Trinajstić information content (AvgIpc) is 2.63. The second-order valence-corrected chi connectivity index (χ2v) is 5.85. The lowest BCUT2D eigenvalue weighted by Gasteiger charge is -2.42. The van der Waals surface area contributed by atoms with E-state index in [0.29, 0.717) is 23.8 Å². The van der Waals surface area contributed by atoms with Crippen molar-refractivity contribution in [2.24, 2.45) is 5.92 Å². The first-order valence-electron chi connectivity index (χ1n) is 6.96. The summed E-state index contributed by atoms with van der Waals surface area (Å²) >= 11 is 0. The lowest BCUT2D eigenvalue weighted by atomic mass is 9.74. The second-order valence-electron chi connectivity index (χ2n) is 5.85. The number of hydrogen-bond acceptors (Lipinski definition) is 2. The molecule has 96 valence electrons. The predicted octanol–water partition coefficient (Wildman–Crippen LogP) is 2.84. The maximum atomic E-state index is 12.1. The van der Waals surface area contributed by atoms with Crippen molar-refractivity contribution in [3.05, 3.63) is 35.9 Å². The Kier molecular flexibility index (Phi) is 2.98. The van der Waals surface area contributed by atoms with Crippen molar-refractivity contribution in [3.8, 4) is 0 Å². The Bertz CT molecular complexity index is 442. The zero-order chi connectivity index (χ0) is 12.7. The number of piperidine rings is 1. The summed E-state index contributed by atoms with van der Waals surface area (Å²) in [6, 6.07) is 11.7. The number of hydrogen-bond donors (Lipinski definition) is 0. The maximum absolute atomic E-state index is 12.1. The minimum absolute atomic E-state index is 0.191. The molecule has 0 aromatic heterocycles. The molecule has 1 aromatic carbocycles. The zero-order valence-corrected chi connectivity index (χ0v) is 11.2. The van der Waals surface area contributed by atoms with Gasteiger partial charge in [-0.25, -0.2) is 0 Å². The van der Waals surface area contributed by atoms with Gasteiger partial charge in [-0.3, -0.25) is 9.69 Å². The summed E-state index contributed by atoms with van der Waals surface area (Å²) in [7, 11) is 2.19.